The average Bonchev–Trinajstić information content (AvgIpc) is 2.14. The molecule has 0 aromatic rings. The summed E-state index contributed by atoms with van der Waals surface area (Å²) in [6.45, 7) is 4.76. The summed E-state index contributed by atoms with van der Waals surface area (Å²) in [5, 5.41) is 2.76. The van der Waals surface area contributed by atoms with E-state index in [9.17, 15) is 4.79 Å². The van der Waals surface area contributed by atoms with E-state index in [1.807, 2.05) is 7.05 Å². The molecule has 1 rings (SSSR count). The molecule has 0 radical (unpaired) electrons. The first kappa shape index (κ1) is 14.6. The maximum absolute atomic E-state index is 11.2. The van der Waals surface area contributed by atoms with E-state index in [0.717, 1.165) is 19.7 Å². The van der Waals surface area contributed by atoms with Crippen molar-refractivity contribution in [1.82, 2.24) is 10.2 Å². The van der Waals surface area contributed by atoms with Crippen LogP contribution < -0.4 is 11.1 Å². The van der Waals surface area contributed by atoms with E-state index in [-0.39, 0.29) is 24.4 Å². The third-order valence-corrected chi connectivity index (χ3v) is 2.26. The summed E-state index contributed by atoms with van der Waals surface area (Å²) in [5.41, 5.74) is 5.42. The zero-order valence-corrected chi connectivity index (χ0v) is 10.0. The molecule has 0 saturated carbocycles. The minimum Gasteiger partial charge on any atom is -0.374 e. The van der Waals surface area contributed by atoms with Gasteiger partial charge in [-0.1, -0.05) is 0 Å². The van der Waals surface area contributed by atoms with Gasteiger partial charge in [-0.05, 0) is 14.0 Å². The van der Waals surface area contributed by atoms with E-state index < -0.39 is 6.04 Å². The van der Waals surface area contributed by atoms with Gasteiger partial charge >= 0.3 is 0 Å². The normalized spacial score (nSPS) is 24.1. The lowest BCUT2D eigenvalue weighted by Gasteiger charge is -2.30. The summed E-state index contributed by atoms with van der Waals surface area (Å²) >= 11 is 0. The second kappa shape index (κ2) is 7.00. The number of hydrogen-bond donors (Lipinski definition) is 2. The lowest BCUT2D eigenvalue weighted by atomic mass is 10.2. The fraction of sp³-hybridized carbons (Fsp3) is 0.889. The van der Waals surface area contributed by atoms with E-state index in [1.165, 1.54) is 0 Å². The van der Waals surface area contributed by atoms with Gasteiger partial charge in [-0.15, -0.1) is 12.4 Å². The molecule has 1 aliphatic rings. The first-order chi connectivity index (χ1) is 6.59. The van der Waals surface area contributed by atoms with Crippen LogP contribution >= 0.6 is 12.4 Å². The highest BCUT2D eigenvalue weighted by molar-refractivity contribution is 5.85. The Morgan fingerprint density at radius 3 is 2.93 bits per heavy atom. The Labute approximate surface area is 96.7 Å². The third kappa shape index (κ3) is 5.32. The van der Waals surface area contributed by atoms with Gasteiger partial charge in [0.05, 0.1) is 18.8 Å². The van der Waals surface area contributed by atoms with Crippen LogP contribution in [0.5, 0.6) is 0 Å². The van der Waals surface area contributed by atoms with E-state index in [0.29, 0.717) is 6.54 Å². The van der Waals surface area contributed by atoms with Gasteiger partial charge in [0.2, 0.25) is 5.91 Å². The number of nitrogens with zero attached hydrogens (tertiary/aromatic N) is 1. The Morgan fingerprint density at radius 1 is 1.73 bits per heavy atom. The van der Waals surface area contributed by atoms with Gasteiger partial charge in [0, 0.05) is 19.6 Å². The molecule has 0 aliphatic carbocycles. The Balaban J connectivity index is 0.00000196. The van der Waals surface area contributed by atoms with Gasteiger partial charge in [0.25, 0.3) is 0 Å². The van der Waals surface area contributed by atoms with Crippen LogP contribution in [0.25, 0.3) is 0 Å². The molecule has 1 unspecified atom stereocenters. The number of nitrogens with two attached hydrogens (primary N) is 1. The first-order valence-electron chi connectivity index (χ1n) is 4.93. The molecule has 6 heteroatoms. The summed E-state index contributed by atoms with van der Waals surface area (Å²) in [4.78, 5) is 13.3. The summed E-state index contributed by atoms with van der Waals surface area (Å²) < 4.78 is 5.48. The average molecular weight is 238 g/mol. The van der Waals surface area contributed by atoms with Crippen molar-refractivity contribution < 1.29 is 9.53 Å². The monoisotopic (exact) mass is 237 g/mol. The molecule has 1 amide bonds. The quantitative estimate of drug-likeness (QED) is 0.675. The first-order valence-corrected chi connectivity index (χ1v) is 4.93. The van der Waals surface area contributed by atoms with Crippen molar-refractivity contribution in [1.29, 1.82) is 0 Å². The fourth-order valence-electron chi connectivity index (χ4n) is 1.37. The Kier molecular flexibility index (Phi) is 6.84. The van der Waals surface area contributed by atoms with Crippen LogP contribution in [-0.2, 0) is 9.53 Å². The highest BCUT2D eigenvalue weighted by Crippen LogP contribution is 2.01. The highest BCUT2D eigenvalue weighted by atomic mass is 35.5. The molecule has 90 valence electrons. The fourth-order valence-corrected chi connectivity index (χ4v) is 1.37. The van der Waals surface area contributed by atoms with Crippen LogP contribution in [0.3, 0.4) is 0 Å². The van der Waals surface area contributed by atoms with Gasteiger partial charge in [0.1, 0.15) is 0 Å². The number of morpholine rings is 1. The van der Waals surface area contributed by atoms with Crippen LogP contribution in [0.1, 0.15) is 6.92 Å². The summed E-state index contributed by atoms with van der Waals surface area (Å²) in [6, 6.07) is -0.448. The minimum atomic E-state index is -0.448. The van der Waals surface area contributed by atoms with Crippen molar-refractivity contribution in [2.24, 2.45) is 5.73 Å². The van der Waals surface area contributed by atoms with E-state index >= 15 is 0 Å². The maximum Gasteiger partial charge on any atom is 0.236 e. The number of ether oxygens (including phenoxy) is 1. The van der Waals surface area contributed by atoms with E-state index in [2.05, 4.69) is 10.2 Å². The van der Waals surface area contributed by atoms with Crippen LogP contribution in [0.2, 0.25) is 0 Å². The lowest BCUT2D eigenvalue weighted by molar-refractivity contribution is -0.123. The van der Waals surface area contributed by atoms with E-state index in [4.69, 9.17) is 10.5 Å². The molecule has 0 aromatic heterocycles. The number of hydrogen-bond acceptors (Lipinski definition) is 4. The molecule has 2 atom stereocenters. The van der Waals surface area contributed by atoms with Gasteiger partial charge in [-0.3, -0.25) is 4.79 Å². The smallest absolute Gasteiger partial charge is 0.236 e. The minimum absolute atomic E-state index is 0. The molecule has 1 fully saturated rings. The SMILES string of the molecule is C[C@@H](N)C(=O)NCC1CN(C)CCO1.Cl. The molecule has 0 spiro atoms. The van der Waals surface area contributed by atoms with Gasteiger partial charge < -0.3 is 20.7 Å². The molecule has 15 heavy (non-hydrogen) atoms. The third-order valence-electron chi connectivity index (χ3n) is 2.26. The molecule has 1 aliphatic heterocycles. The molecule has 1 saturated heterocycles. The number of rotatable bonds is 3. The van der Waals surface area contributed by atoms with Gasteiger partial charge in [0.15, 0.2) is 0 Å². The second-order valence-electron chi connectivity index (χ2n) is 3.79. The molecular weight excluding hydrogens is 218 g/mol. The van der Waals surface area contributed by atoms with Crippen molar-refractivity contribution in [3.8, 4) is 0 Å². The number of carbonyl (C=O) groups is 1. The van der Waals surface area contributed by atoms with Crippen molar-refractivity contribution in [3.63, 3.8) is 0 Å². The lowest BCUT2D eigenvalue weighted by Crippen LogP contribution is -2.48. The molecule has 1 heterocycles. The van der Waals surface area contributed by atoms with Gasteiger partial charge in [-0.2, -0.15) is 0 Å². The number of amides is 1. The van der Waals surface area contributed by atoms with E-state index in [1.54, 1.807) is 6.92 Å². The number of halogens is 1. The Hall–Kier alpha value is -0.360. The van der Waals surface area contributed by atoms with Crippen LogP contribution in [0.15, 0.2) is 0 Å². The molecule has 5 nitrogen and oxygen atoms in total. The number of likely N-dealkylation sites (N-methyl/N-ethyl adjacent to an activating group) is 1. The topological polar surface area (TPSA) is 67.6 Å². The standard InChI is InChI=1S/C9H19N3O2.ClH/c1-7(10)9(13)11-5-8-6-12(2)3-4-14-8;/h7-8H,3-6,10H2,1-2H3,(H,11,13);1H/t7-,8?;/m1./s1. The summed E-state index contributed by atoms with van der Waals surface area (Å²) in [6.07, 6.45) is 0.0939. The van der Waals surface area contributed by atoms with Crippen LogP contribution in [-0.4, -0.2) is 56.2 Å². The van der Waals surface area contributed by atoms with Crippen LogP contribution in [0.4, 0.5) is 0 Å². The number of carbonyl (C=O) groups excluding carboxylic acids is 1. The van der Waals surface area contributed by atoms with Crippen molar-refractivity contribution in [2.45, 2.75) is 19.1 Å². The van der Waals surface area contributed by atoms with Crippen molar-refractivity contribution >= 4 is 18.3 Å². The summed E-state index contributed by atoms with van der Waals surface area (Å²) in [5.74, 6) is -0.123. The summed E-state index contributed by atoms with van der Waals surface area (Å²) in [7, 11) is 2.04. The van der Waals surface area contributed by atoms with Crippen molar-refractivity contribution in [3.05, 3.63) is 0 Å². The Bertz CT molecular complexity index is 202. The molecular formula is C9H20ClN3O2. The molecule has 0 aromatic carbocycles. The second-order valence-corrected chi connectivity index (χ2v) is 3.79. The van der Waals surface area contributed by atoms with Crippen molar-refractivity contribution in [2.75, 3.05) is 33.3 Å². The van der Waals surface area contributed by atoms with Gasteiger partial charge in [-0.25, -0.2) is 0 Å². The molecule has 0 bridgehead atoms. The molecule has 3 N–H and O–H groups in total. The Morgan fingerprint density at radius 2 is 2.40 bits per heavy atom. The zero-order valence-electron chi connectivity index (χ0n) is 9.23. The predicted molar refractivity (Wildman–Crippen MR) is 61.1 cm³/mol. The highest BCUT2D eigenvalue weighted by Gasteiger charge is 2.18. The zero-order chi connectivity index (χ0) is 10.6. The number of nitrogens with one attached hydrogen (secondary N) is 1. The maximum atomic E-state index is 11.2. The predicted octanol–water partition coefficient (Wildman–Crippen LogP) is -0.798. The largest absolute Gasteiger partial charge is 0.374 e. The van der Waals surface area contributed by atoms with Crippen LogP contribution in [0, 0.1) is 0 Å².